The van der Waals surface area contributed by atoms with Crippen LogP contribution in [0.1, 0.15) is 48.0 Å². The first kappa shape index (κ1) is 21.4. The van der Waals surface area contributed by atoms with Crippen LogP contribution in [0, 0.1) is 0 Å². The smallest absolute Gasteiger partial charge is 0.251 e. The van der Waals surface area contributed by atoms with Crippen LogP contribution in [-0.2, 0) is 10.5 Å². The van der Waals surface area contributed by atoms with E-state index in [1.165, 1.54) is 12.8 Å². The van der Waals surface area contributed by atoms with Crippen molar-refractivity contribution in [2.75, 3.05) is 19.6 Å². The SMILES string of the molecule is O=C(NCCC(=O)N1CCCCCC1)c1ccccc1CSc1nc2ccccc2[nH]1. The van der Waals surface area contributed by atoms with Crippen molar-refractivity contribution in [3.8, 4) is 0 Å². The molecule has 0 spiro atoms. The topological polar surface area (TPSA) is 78.1 Å². The van der Waals surface area contributed by atoms with E-state index in [9.17, 15) is 9.59 Å². The third kappa shape index (κ3) is 5.67. The third-order valence-electron chi connectivity index (χ3n) is 5.58. The number of hydrogen-bond donors (Lipinski definition) is 2. The Morgan fingerprint density at radius 2 is 1.74 bits per heavy atom. The lowest BCUT2D eigenvalue weighted by Gasteiger charge is -2.20. The molecule has 162 valence electrons. The molecular formula is C24H28N4O2S. The van der Waals surface area contributed by atoms with E-state index in [-0.39, 0.29) is 11.8 Å². The zero-order valence-electron chi connectivity index (χ0n) is 17.6. The van der Waals surface area contributed by atoms with Gasteiger partial charge in [0.25, 0.3) is 5.91 Å². The van der Waals surface area contributed by atoms with Gasteiger partial charge in [0.15, 0.2) is 5.16 Å². The van der Waals surface area contributed by atoms with Crippen LogP contribution in [0.25, 0.3) is 11.0 Å². The number of para-hydroxylation sites is 2. The Hall–Kier alpha value is -2.80. The number of imidazole rings is 1. The summed E-state index contributed by atoms with van der Waals surface area (Å²) in [5.74, 6) is 0.635. The molecule has 1 aromatic heterocycles. The van der Waals surface area contributed by atoms with Gasteiger partial charge in [-0.3, -0.25) is 9.59 Å². The van der Waals surface area contributed by atoms with Crippen LogP contribution in [0.4, 0.5) is 0 Å². The summed E-state index contributed by atoms with van der Waals surface area (Å²) < 4.78 is 0. The van der Waals surface area contributed by atoms with Crippen molar-refractivity contribution >= 4 is 34.6 Å². The summed E-state index contributed by atoms with van der Waals surface area (Å²) in [4.78, 5) is 35.0. The molecule has 1 aliphatic heterocycles. The molecule has 31 heavy (non-hydrogen) atoms. The van der Waals surface area contributed by atoms with E-state index < -0.39 is 0 Å². The molecule has 2 heterocycles. The number of aromatic amines is 1. The van der Waals surface area contributed by atoms with Gasteiger partial charge in [-0.1, -0.05) is 54.9 Å². The van der Waals surface area contributed by atoms with E-state index in [2.05, 4.69) is 15.3 Å². The molecule has 0 aliphatic carbocycles. The minimum atomic E-state index is -0.135. The van der Waals surface area contributed by atoms with Crippen LogP contribution >= 0.6 is 11.8 Å². The summed E-state index contributed by atoms with van der Waals surface area (Å²) >= 11 is 1.57. The zero-order valence-corrected chi connectivity index (χ0v) is 18.4. The Labute approximate surface area is 186 Å². The number of thioether (sulfide) groups is 1. The lowest BCUT2D eigenvalue weighted by atomic mass is 10.1. The highest BCUT2D eigenvalue weighted by Crippen LogP contribution is 2.24. The molecule has 2 aromatic carbocycles. The summed E-state index contributed by atoms with van der Waals surface area (Å²) in [6, 6.07) is 15.5. The molecule has 1 saturated heterocycles. The number of aromatic nitrogens is 2. The van der Waals surface area contributed by atoms with Gasteiger partial charge >= 0.3 is 0 Å². The first-order chi connectivity index (χ1) is 15.2. The summed E-state index contributed by atoms with van der Waals surface area (Å²) in [5, 5.41) is 3.76. The lowest BCUT2D eigenvalue weighted by Crippen LogP contribution is -2.35. The monoisotopic (exact) mass is 436 g/mol. The molecule has 0 unspecified atom stereocenters. The number of carbonyl (C=O) groups is 2. The van der Waals surface area contributed by atoms with Gasteiger partial charge < -0.3 is 15.2 Å². The van der Waals surface area contributed by atoms with Crippen molar-refractivity contribution in [2.45, 2.75) is 43.0 Å². The molecule has 0 radical (unpaired) electrons. The molecule has 6 nitrogen and oxygen atoms in total. The number of hydrogen-bond acceptors (Lipinski definition) is 4. The second kappa shape index (κ2) is 10.5. The van der Waals surface area contributed by atoms with Gasteiger partial charge in [-0.25, -0.2) is 4.98 Å². The van der Waals surface area contributed by atoms with Gasteiger partial charge in [0.2, 0.25) is 5.91 Å². The van der Waals surface area contributed by atoms with E-state index in [0.29, 0.717) is 24.3 Å². The number of amides is 2. The fraction of sp³-hybridized carbons (Fsp3) is 0.375. The van der Waals surface area contributed by atoms with Crippen molar-refractivity contribution in [2.24, 2.45) is 0 Å². The number of H-pyrrole nitrogens is 1. The van der Waals surface area contributed by atoms with E-state index >= 15 is 0 Å². The molecule has 0 atom stereocenters. The van der Waals surface area contributed by atoms with Gasteiger partial charge in [-0.15, -0.1) is 0 Å². The van der Waals surface area contributed by atoms with Crippen molar-refractivity contribution < 1.29 is 9.59 Å². The Morgan fingerprint density at radius 1 is 1.00 bits per heavy atom. The average Bonchev–Trinajstić information content (AvgIpc) is 3.01. The van der Waals surface area contributed by atoms with Crippen LogP contribution < -0.4 is 5.32 Å². The maximum Gasteiger partial charge on any atom is 0.251 e. The summed E-state index contributed by atoms with van der Waals surface area (Å²) in [5.41, 5.74) is 3.54. The number of rotatable bonds is 7. The first-order valence-electron chi connectivity index (χ1n) is 10.9. The highest BCUT2D eigenvalue weighted by molar-refractivity contribution is 7.98. The third-order valence-corrected chi connectivity index (χ3v) is 6.50. The lowest BCUT2D eigenvalue weighted by molar-refractivity contribution is -0.131. The second-order valence-electron chi connectivity index (χ2n) is 7.81. The molecule has 1 fully saturated rings. The highest BCUT2D eigenvalue weighted by atomic mass is 32.2. The normalized spacial score (nSPS) is 14.4. The van der Waals surface area contributed by atoms with Crippen LogP contribution in [0.5, 0.6) is 0 Å². The van der Waals surface area contributed by atoms with Gasteiger partial charge in [0.1, 0.15) is 0 Å². The number of nitrogens with one attached hydrogen (secondary N) is 2. The number of carbonyl (C=O) groups excluding carboxylic acids is 2. The van der Waals surface area contributed by atoms with E-state index in [0.717, 1.165) is 47.7 Å². The molecular weight excluding hydrogens is 408 g/mol. The van der Waals surface area contributed by atoms with Gasteiger partial charge in [-0.2, -0.15) is 0 Å². The van der Waals surface area contributed by atoms with Crippen LogP contribution in [-0.4, -0.2) is 46.3 Å². The standard InChI is InChI=1S/C24H28N4O2S/c29-22(28-15-7-1-2-8-16-28)13-14-25-23(30)19-10-4-3-9-18(19)17-31-24-26-20-11-5-6-12-21(20)27-24/h3-6,9-12H,1-2,7-8,13-17H2,(H,25,30)(H,26,27). The Balaban J connectivity index is 1.31. The predicted molar refractivity (Wildman–Crippen MR) is 124 cm³/mol. The molecule has 0 bridgehead atoms. The number of nitrogens with zero attached hydrogens (tertiary/aromatic N) is 2. The minimum Gasteiger partial charge on any atom is -0.352 e. The molecule has 4 rings (SSSR count). The Kier molecular flexibility index (Phi) is 7.25. The Bertz CT molecular complexity index is 1010. The van der Waals surface area contributed by atoms with E-state index in [1.807, 2.05) is 53.4 Å². The predicted octanol–water partition coefficient (Wildman–Crippen LogP) is 4.38. The molecule has 0 saturated carbocycles. The van der Waals surface area contributed by atoms with Crippen molar-refractivity contribution in [3.05, 3.63) is 59.7 Å². The van der Waals surface area contributed by atoms with Crippen molar-refractivity contribution in [3.63, 3.8) is 0 Å². The van der Waals surface area contributed by atoms with Gasteiger partial charge in [0, 0.05) is 37.4 Å². The summed E-state index contributed by atoms with van der Waals surface area (Å²) in [6.07, 6.45) is 4.90. The van der Waals surface area contributed by atoms with Crippen LogP contribution in [0.2, 0.25) is 0 Å². The largest absolute Gasteiger partial charge is 0.352 e. The average molecular weight is 437 g/mol. The van der Waals surface area contributed by atoms with Gasteiger partial charge in [-0.05, 0) is 36.6 Å². The quantitative estimate of drug-likeness (QED) is 0.539. The van der Waals surface area contributed by atoms with E-state index in [4.69, 9.17) is 0 Å². The zero-order chi connectivity index (χ0) is 21.5. The maximum absolute atomic E-state index is 12.8. The molecule has 3 aromatic rings. The number of benzene rings is 2. The highest BCUT2D eigenvalue weighted by Gasteiger charge is 2.16. The van der Waals surface area contributed by atoms with Crippen molar-refractivity contribution in [1.82, 2.24) is 20.2 Å². The van der Waals surface area contributed by atoms with Gasteiger partial charge in [0.05, 0.1) is 11.0 Å². The summed E-state index contributed by atoms with van der Waals surface area (Å²) in [7, 11) is 0. The molecule has 2 N–H and O–H groups in total. The molecule has 7 heteroatoms. The van der Waals surface area contributed by atoms with Crippen LogP contribution in [0.15, 0.2) is 53.7 Å². The number of fused-ring (bicyclic) bond motifs is 1. The van der Waals surface area contributed by atoms with Crippen molar-refractivity contribution in [1.29, 1.82) is 0 Å². The first-order valence-corrected chi connectivity index (χ1v) is 11.9. The minimum absolute atomic E-state index is 0.135. The maximum atomic E-state index is 12.8. The van der Waals surface area contributed by atoms with E-state index in [1.54, 1.807) is 11.8 Å². The fourth-order valence-electron chi connectivity index (χ4n) is 3.87. The Morgan fingerprint density at radius 3 is 2.55 bits per heavy atom. The van der Waals surface area contributed by atoms with Crippen LogP contribution in [0.3, 0.4) is 0 Å². The second-order valence-corrected chi connectivity index (χ2v) is 8.77. The summed E-state index contributed by atoms with van der Waals surface area (Å²) in [6.45, 7) is 2.04. The molecule has 2 amide bonds. The fourth-order valence-corrected chi connectivity index (χ4v) is 4.76. The number of likely N-dealkylation sites (tertiary alicyclic amines) is 1. The molecule has 1 aliphatic rings.